The van der Waals surface area contributed by atoms with Gasteiger partial charge in [-0.1, -0.05) is 0 Å². The van der Waals surface area contributed by atoms with Crippen LogP contribution >= 0.6 is 11.8 Å². The molecule has 0 aromatic rings. The third kappa shape index (κ3) is 3.38. The van der Waals surface area contributed by atoms with Gasteiger partial charge in [0.05, 0.1) is 0 Å². The Kier molecular flexibility index (Phi) is 4.01. The van der Waals surface area contributed by atoms with Gasteiger partial charge in [0.1, 0.15) is 0 Å². The van der Waals surface area contributed by atoms with Gasteiger partial charge in [-0.2, -0.15) is 0 Å². The molecule has 0 aromatic carbocycles. The maximum atomic E-state index is 2.41. The minimum absolute atomic E-state index is 1.20. The molecule has 3 heteroatoms. The summed E-state index contributed by atoms with van der Waals surface area (Å²) in [5.41, 5.74) is 0. The van der Waals surface area contributed by atoms with Crippen molar-refractivity contribution in [3.8, 4) is 0 Å². The molecular formula is C6H16S2Si. The first-order valence-electron chi connectivity index (χ1n) is 3.25. The SMILES string of the molecule is CSC(=[S+]C)[SiH-](C)(C)C. The molecule has 0 heterocycles. The summed E-state index contributed by atoms with van der Waals surface area (Å²) < 4.78 is 1.67. The topological polar surface area (TPSA) is 0 Å². The van der Waals surface area contributed by atoms with Gasteiger partial charge in [-0.25, -0.2) is 0 Å². The Hall–Kier alpha value is 0.657. The molecule has 0 aromatic heterocycles. The van der Waals surface area contributed by atoms with Gasteiger partial charge in [-0.15, -0.1) is 0 Å². The first kappa shape index (κ1) is 9.66. The fourth-order valence-corrected chi connectivity index (χ4v) is 7.11. The second kappa shape index (κ2) is 3.74. The molecule has 0 saturated carbocycles. The van der Waals surface area contributed by atoms with Crippen molar-refractivity contribution in [2.45, 2.75) is 19.6 Å². The third-order valence-corrected chi connectivity index (χ3v) is 9.99. The maximum absolute atomic E-state index is 2.41. The van der Waals surface area contributed by atoms with E-state index in [2.05, 4.69) is 32.2 Å². The predicted octanol–water partition coefficient (Wildman–Crippen LogP) is 1.80. The van der Waals surface area contributed by atoms with Crippen LogP contribution in [0.3, 0.4) is 0 Å². The van der Waals surface area contributed by atoms with Crippen LogP contribution in [0.5, 0.6) is 0 Å². The molecule has 0 radical (unpaired) electrons. The molecule has 0 bridgehead atoms. The van der Waals surface area contributed by atoms with Gasteiger partial charge in [-0.3, -0.25) is 0 Å². The Morgan fingerprint density at radius 2 is 1.78 bits per heavy atom. The van der Waals surface area contributed by atoms with Crippen molar-refractivity contribution in [2.75, 3.05) is 12.5 Å². The fourth-order valence-electron chi connectivity index (χ4n) is 0.790. The van der Waals surface area contributed by atoms with Crippen molar-refractivity contribution < 1.29 is 0 Å². The van der Waals surface area contributed by atoms with E-state index in [-0.39, 0.29) is 0 Å². The molecule has 0 aliphatic rings. The summed E-state index contributed by atoms with van der Waals surface area (Å²) in [6.07, 6.45) is 4.36. The van der Waals surface area contributed by atoms with Gasteiger partial charge in [-0.05, 0) is 0 Å². The molecular weight excluding hydrogens is 164 g/mol. The first-order chi connectivity index (χ1) is 4.02. The zero-order chi connectivity index (χ0) is 7.49. The van der Waals surface area contributed by atoms with E-state index in [4.69, 9.17) is 0 Å². The number of rotatable bonds is 1. The second-order valence-electron chi connectivity index (χ2n) is 3.33. The summed E-state index contributed by atoms with van der Waals surface area (Å²) in [4.78, 5) is 0. The van der Waals surface area contributed by atoms with Crippen molar-refractivity contribution in [3.63, 3.8) is 0 Å². The van der Waals surface area contributed by atoms with E-state index in [9.17, 15) is 0 Å². The van der Waals surface area contributed by atoms with Crippen molar-refractivity contribution >= 4 is 35.0 Å². The molecule has 0 fully saturated rings. The van der Waals surface area contributed by atoms with E-state index >= 15 is 0 Å². The Balaban J connectivity index is 4.14. The van der Waals surface area contributed by atoms with Gasteiger partial charge >= 0.3 is 67.2 Å². The van der Waals surface area contributed by atoms with Crippen molar-refractivity contribution in [3.05, 3.63) is 0 Å². The minimum atomic E-state index is -1.20. The summed E-state index contributed by atoms with van der Waals surface area (Å²) in [7, 11) is -1.20. The van der Waals surface area contributed by atoms with Gasteiger partial charge in [0, 0.05) is 0 Å². The monoisotopic (exact) mass is 180 g/mol. The summed E-state index contributed by atoms with van der Waals surface area (Å²) in [5.74, 6) is 0. The molecule has 0 nitrogen and oxygen atoms in total. The van der Waals surface area contributed by atoms with Crippen LogP contribution < -0.4 is 0 Å². The zero-order valence-electron chi connectivity index (χ0n) is 6.89. The van der Waals surface area contributed by atoms with Gasteiger partial charge in [0.25, 0.3) is 0 Å². The van der Waals surface area contributed by atoms with Crippen LogP contribution in [0.25, 0.3) is 0 Å². The van der Waals surface area contributed by atoms with Crippen LogP contribution in [0.1, 0.15) is 0 Å². The molecule has 0 aliphatic heterocycles. The summed E-state index contributed by atoms with van der Waals surface area (Å²) in [6, 6.07) is 0. The standard InChI is InChI=1S/C6H16S2Si/c1-7-6(8-2)9(3,4)5/h9H,1-5H3. The molecule has 0 aliphatic carbocycles. The second-order valence-corrected chi connectivity index (χ2v) is 11.9. The van der Waals surface area contributed by atoms with Gasteiger partial charge < -0.3 is 0 Å². The Morgan fingerprint density at radius 3 is 1.78 bits per heavy atom. The summed E-state index contributed by atoms with van der Waals surface area (Å²) in [6.45, 7) is 7.24. The molecule has 56 valence electrons. The number of thioether (sulfide) groups is 1. The average Bonchev–Trinajstić information content (AvgIpc) is 1.65. The van der Waals surface area contributed by atoms with Crippen LogP contribution in [-0.4, -0.2) is 24.4 Å². The number of hydrogen-bond acceptors (Lipinski definition) is 1. The Bertz CT molecular complexity index is 113. The summed E-state index contributed by atoms with van der Waals surface area (Å²) in [5, 5.41) is 0. The van der Waals surface area contributed by atoms with E-state index in [0.29, 0.717) is 0 Å². The third-order valence-electron chi connectivity index (χ3n) is 1.11. The van der Waals surface area contributed by atoms with Crippen molar-refractivity contribution in [2.24, 2.45) is 0 Å². The summed E-state index contributed by atoms with van der Waals surface area (Å²) >= 11 is 3.86. The Labute approximate surface area is 67.4 Å². The quantitative estimate of drug-likeness (QED) is 0.337. The number of hydrogen-bond donors (Lipinski definition) is 0. The van der Waals surface area contributed by atoms with Crippen LogP contribution in [0.4, 0.5) is 0 Å². The van der Waals surface area contributed by atoms with E-state index in [1.54, 1.807) is 3.82 Å². The van der Waals surface area contributed by atoms with E-state index in [0.717, 1.165) is 0 Å². The molecule has 0 N–H and O–H groups in total. The van der Waals surface area contributed by atoms with Crippen LogP contribution in [0, 0.1) is 0 Å². The Morgan fingerprint density at radius 1 is 1.33 bits per heavy atom. The van der Waals surface area contributed by atoms with Gasteiger partial charge in [0.15, 0.2) is 0 Å². The van der Waals surface area contributed by atoms with E-state index in [1.165, 1.54) is 0 Å². The van der Waals surface area contributed by atoms with Crippen molar-refractivity contribution in [1.82, 2.24) is 0 Å². The molecule has 9 heavy (non-hydrogen) atoms. The molecule has 0 saturated heterocycles. The van der Waals surface area contributed by atoms with E-state index in [1.807, 2.05) is 23.1 Å². The van der Waals surface area contributed by atoms with Crippen LogP contribution in [0.15, 0.2) is 0 Å². The van der Waals surface area contributed by atoms with Gasteiger partial charge in [0.2, 0.25) is 0 Å². The van der Waals surface area contributed by atoms with Crippen molar-refractivity contribution in [1.29, 1.82) is 0 Å². The zero-order valence-corrected chi connectivity index (χ0v) is 9.68. The fraction of sp³-hybridized carbons (Fsp3) is 0.833. The molecule has 0 spiro atoms. The molecule has 0 amide bonds. The first-order valence-corrected chi connectivity index (χ1v) is 9.74. The van der Waals surface area contributed by atoms with Crippen LogP contribution in [-0.2, 0) is 11.4 Å². The normalized spacial score (nSPS) is 15.9. The van der Waals surface area contributed by atoms with Crippen LogP contribution in [0.2, 0.25) is 19.6 Å². The average molecular weight is 180 g/mol. The van der Waals surface area contributed by atoms with E-state index < -0.39 is 8.07 Å². The molecule has 0 atom stereocenters. The molecule has 0 rings (SSSR count). The predicted molar refractivity (Wildman–Crippen MR) is 56.6 cm³/mol. The molecule has 0 unspecified atom stereocenters.